The Morgan fingerprint density at radius 2 is 1.46 bits per heavy atom. The molecule has 0 aliphatic heterocycles. The van der Waals surface area contributed by atoms with Gasteiger partial charge in [-0.15, -0.1) is 0 Å². The van der Waals surface area contributed by atoms with Gasteiger partial charge in [0.2, 0.25) is 0 Å². The highest BCUT2D eigenvalue weighted by molar-refractivity contribution is 4.98. The van der Waals surface area contributed by atoms with Crippen molar-refractivity contribution in [3.8, 4) is 0 Å². The second-order valence-electron chi connectivity index (χ2n) is 1.98. The van der Waals surface area contributed by atoms with E-state index in [1.807, 2.05) is 14.1 Å². The molecule has 0 atom stereocenters. The zero-order chi connectivity index (χ0) is 10.5. The fourth-order valence-electron chi connectivity index (χ4n) is 0.541. The number of halogens is 2. The molecule has 13 heavy (non-hydrogen) atoms. The van der Waals surface area contributed by atoms with Crippen LogP contribution in [0.15, 0.2) is 30.3 Å². The standard InChI is InChI=1S/C7H8I.C2H7N.CH3F/c1-8-7-5-3-2-4-6-7;1-3-2;1-2/h2-6H,1H3;3H,1-2H3;1H3/q+1;;. The van der Waals surface area contributed by atoms with E-state index >= 15 is 0 Å². The molecule has 0 bridgehead atoms. The van der Waals surface area contributed by atoms with Gasteiger partial charge in [0.1, 0.15) is 4.93 Å². The molecule has 0 radical (unpaired) electrons. The van der Waals surface area contributed by atoms with E-state index in [9.17, 15) is 4.39 Å². The molecule has 0 saturated carbocycles. The summed E-state index contributed by atoms with van der Waals surface area (Å²) < 4.78 is 11.0. The maximum absolute atomic E-state index is 9.50. The van der Waals surface area contributed by atoms with Crippen LogP contribution in [0.5, 0.6) is 0 Å². The molecular formula is C10H18FIN+. The number of benzene rings is 1. The molecule has 0 aliphatic carbocycles. The van der Waals surface area contributed by atoms with E-state index in [-0.39, 0.29) is 0 Å². The summed E-state index contributed by atoms with van der Waals surface area (Å²) in [6.45, 7) is 0. The van der Waals surface area contributed by atoms with E-state index in [1.165, 1.54) is 3.57 Å². The number of hydrogen-bond donors (Lipinski definition) is 1. The topological polar surface area (TPSA) is 12.0 Å². The molecule has 0 saturated heterocycles. The van der Waals surface area contributed by atoms with Crippen LogP contribution >= 0.6 is 0 Å². The first-order chi connectivity index (χ1) is 6.35. The van der Waals surface area contributed by atoms with Crippen LogP contribution < -0.4 is 26.5 Å². The zero-order valence-electron chi connectivity index (χ0n) is 8.64. The van der Waals surface area contributed by atoms with Crippen LogP contribution in [0, 0.1) is 3.57 Å². The third-order valence-electron chi connectivity index (χ3n) is 0.951. The van der Waals surface area contributed by atoms with Crippen molar-refractivity contribution in [1.82, 2.24) is 5.32 Å². The van der Waals surface area contributed by atoms with Gasteiger partial charge in [0, 0.05) is 0 Å². The lowest BCUT2D eigenvalue weighted by molar-refractivity contribution is -0.597. The monoisotopic (exact) mass is 298 g/mol. The Morgan fingerprint density at radius 3 is 1.69 bits per heavy atom. The second kappa shape index (κ2) is 14.4. The molecule has 0 fully saturated rings. The van der Waals surface area contributed by atoms with Crippen molar-refractivity contribution in [1.29, 1.82) is 0 Å². The highest BCUT2D eigenvalue weighted by atomic mass is 127. The van der Waals surface area contributed by atoms with Gasteiger partial charge in [-0.3, -0.25) is 4.39 Å². The summed E-state index contributed by atoms with van der Waals surface area (Å²) >= 11 is 0.309. The van der Waals surface area contributed by atoms with Gasteiger partial charge < -0.3 is 5.32 Å². The van der Waals surface area contributed by atoms with E-state index in [0.29, 0.717) is 28.4 Å². The van der Waals surface area contributed by atoms with Crippen LogP contribution in [-0.4, -0.2) is 26.2 Å². The molecule has 0 aromatic heterocycles. The van der Waals surface area contributed by atoms with Crippen LogP contribution in [0.2, 0.25) is 0 Å². The Kier molecular flexibility index (Phi) is 16.9. The van der Waals surface area contributed by atoms with Gasteiger partial charge in [0.15, 0.2) is 3.57 Å². The zero-order valence-corrected chi connectivity index (χ0v) is 10.8. The van der Waals surface area contributed by atoms with Crippen LogP contribution in [-0.2, 0) is 0 Å². The van der Waals surface area contributed by atoms with Gasteiger partial charge in [0.25, 0.3) is 0 Å². The lowest BCUT2D eigenvalue weighted by atomic mass is 10.4. The van der Waals surface area contributed by atoms with E-state index in [0.717, 1.165) is 0 Å². The Labute approximate surface area is 91.0 Å². The largest absolute Gasteiger partial charge is 0.323 e. The third-order valence-corrected chi connectivity index (χ3v) is 2.92. The first-order valence-electron chi connectivity index (χ1n) is 3.86. The number of hydrogen-bond acceptors (Lipinski definition) is 1. The van der Waals surface area contributed by atoms with Crippen LogP contribution in [0.3, 0.4) is 0 Å². The number of alkyl halides is 2. The summed E-state index contributed by atoms with van der Waals surface area (Å²) in [7, 11) is 4.25. The molecule has 1 aromatic carbocycles. The molecule has 1 N–H and O–H groups in total. The summed E-state index contributed by atoms with van der Waals surface area (Å²) in [6.07, 6.45) is 0. The minimum atomic E-state index is 0.309. The summed E-state index contributed by atoms with van der Waals surface area (Å²) in [5.74, 6) is 0. The maximum Gasteiger partial charge on any atom is 0.309 e. The summed E-state index contributed by atoms with van der Waals surface area (Å²) in [6, 6.07) is 10.6. The van der Waals surface area contributed by atoms with Crippen molar-refractivity contribution in [2.24, 2.45) is 0 Å². The van der Waals surface area contributed by atoms with Crippen molar-refractivity contribution in [2.45, 2.75) is 0 Å². The van der Waals surface area contributed by atoms with E-state index in [1.54, 1.807) is 0 Å². The Balaban J connectivity index is 0. The Bertz CT molecular complexity index is 168. The predicted molar refractivity (Wildman–Crippen MR) is 53.1 cm³/mol. The van der Waals surface area contributed by atoms with Crippen LogP contribution in [0.25, 0.3) is 0 Å². The highest BCUT2D eigenvalue weighted by Gasteiger charge is 1.98. The quantitative estimate of drug-likeness (QED) is 0.518. The molecule has 0 unspecified atom stereocenters. The number of nitrogens with one attached hydrogen (secondary N) is 1. The molecule has 76 valence electrons. The fraction of sp³-hybridized carbons (Fsp3) is 0.400. The minimum absolute atomic E-state index is 0.309. The molecular weight excluding hydrogens is 280 g/mol. The smallest absolute Gasteiger partial charge is 0.309 e. The van der Waals surface area contributed by atoms with E-state index in [4.69, 9.17) is 0 Å². The van der Waals surface area contributed by atoms with Crippen molar-refractivity contribution < 1.29 is 25.6 Å². The number of rotatable bonds is 1. The summed E-state index contributed by atoms with van der Waals surface area (Å²) in [5, 5.41) is 2.75. The first-order valence-corrected chi connectivity index (χ1v) is 7.09. The van der Waals surface area contributed by atoms with Gasteiger partial charge in [-0.1, -0.05) is 18.2 Å². The summed E-state index contributed by atoms with van der Waals surface area (Å²) in [4.78, 5) is 2.27. The van der Waals surface area contributed by atoms with Crippen molar-refractivity contribution in [2.75, 3.05) is 26.2 Å². The molecule has 1 rings (SSSR count). The van der Waals surface area contributed by atoms with E-state index in [2.05, 4.69) is 40.6 Å². The fourth-order valence-corrected chi connectivity index (χ4v) is 1.68. The van der Waals surface area contributed by atoms with Crippen molar-refractivity contribution >= 4 is 0 Å². The second-order valence-corrected chi connectivity index (χ2v) is 4.31. The van der Waals surface area contributed by atoms with Gasteiger partial charge in [-0.25, -0.2) is 0 Å². The molecule has 1 nitrogen and oxygen atoms in total. The lowest BCUT2D eigenvalue weighted by Crippen LogP contribution is -3.60. The van der Waals surface area contributed by atoms with E-state index < -0.39 is 0 Å². The predicted octanol–water partition coefficient (Wildman–Crippen LogP) is -1.00. The molecule has 0 aliphatic rings. The normalized spacial score (nSPS) is 7.46. The van der Waals surface area contributed by atoms with Crippen molar-refractivity contribution in [3.05, 3.63) is 33.9 Å². The Hall–Kier alpha value is -0.160. The van der Waals surface area contributed by atoms with Crippen molar-refractivity contribution in [3.63, 3.8) is 0 Å². The van der Waals surface area contributed by atoms with Crippen LogP contribution in [0.1, 0.15) is 0 Å². The van der Waals surface area contributed by atoms with Gasteiger partial charge in [-0.05, 0) is 26.2 Å². The highest BCUT2D eigenvalue weighted by Crippen LogP contribution is 1.81. The SMILES string of the molecule is CF.CNC.C[I+]c1ccccc1. The average Bonchev–Trinajstić information content (AvgIpc) is 2.23. The minimum Gasteiger partial charge on any atom is -0.323 e. The van der Waals surface area contributed by atoms with Gasteiger partial charge in [-0.2, -0.15) is 0 Å². The summed E-state index contributed by atoms with van der Waals surface area (Å²) in [5.41, 5.74) is 0. The van der Waals surface area contributed by atoms with Gasteiger partial charge in [0.05, 0.1) is 7.18 Å². The maximum atomic E-state index is 9.50. The van der Waals surface area contributed by atoms with Crippen LogP contribution in [0.4, 0.5) is 4.39 Å². The first kappa shape index (κ1) is 15.3. The molecule has 1 aromatic rings. The average molecular weight is 298 g/mol. The molecule has 0 heterocycles. The molecule has 0 spiro atoms. The van der Waals surface area contributed by atoms with Gasteiger partial charge >= 0.3 is 21.2 Å². The lowest BCUT2D eigenvalue weighted by Gasteiger charge is -1.76. The third kappa shape index (κ3) is 11.8. The Morgan fingerprint density at radius 1 is 1.08 bits per heavy atom. The molecule has 0 amide bonds. The molecule has 3 heteroatoms.